The van der Waals surface area contributed by atoms with Gasteiger partial charge in [0.2, 0.25) is 0 Å². The van der Waals surface area contributed by atoms with Crippen molar-refractivity contribution in [2.45, 2.75) is 11.3 Å². The minimum atomic E-state index is -0.768. The van der Waals surface area contributed by atoms with Gasteiger partial charge in [0.1, 0.15) is 0 Å². The quantitative estimate of drug-likeness (QED) is 0.436. The highest BCUT2D eigenvalue weighted by Crippen LogP contribution is 2.30. The number of carbonyl (C=O) groups excluding carboxylic acids is 2. The first-order valence-corrected chi connectivity index (χ1v) is 9.38. The lowest BCUT2D eigenvalue weighted by molar-refractivity contribution is -0.137. The SMILES string of the molecule is COC(=O)C(C(=O)OC)=S(CCc1cccc(Cl)c1)c1ccccc1. The third kappa shape index (κ3) is 5.18. The van der Waals surface area contributed by atoms with E-state index in [4.69, 9.17) is 21.1 Å². The summed E-state index contributed by atoms with van der Waals surface area (Å²) in [6, 6.07) is 17.0. The van der Waals surface area contributed by atoms with E-state index in [9.17, 15) is 9.59 Å². The molecule has 6 heteroatoms. The van der Waals surface area contributed by atoms with E-state index in [1.54, 1.807) is 0 Å². The largest absolute Gasteiger partial charge is 0.465 e. The molecule has 0 aliphatic heterocycles. The Morgan fingerprint density at radius 2 is 1.60 bits per heavy atom. The smallest absolute Gasteiger partial charge is 0.351 e. The maximum atomic E-state index is 12.2. The van der Waals surface area contributed by atoms with Gasteiger partial charge in [-0.1, -0.05) is 41.9 Å². The minimum Gasteiger partial charge on any atom is -0.465 e. The summed E-state index contributed by atoms with van der Waals surface area (Å²) in [5.74, 6) is -0.751. The monoisotopic (exact) mass is 378 g/mol. The number of hydrogen-bond donors (Lipinski definition) is 0. The highest BCUT2D eigenvalue weighted by atomic mass is 35.5. The molecule has 0 aromatic heterocycles. The van der Waals surface area contributed by atoms with Gasteiger partial charge in [0.05, 0.1) is 14.2 Å². The number of rotatable bonds is 6. The van der Waals surface area contributed by atoms with Gasteiger partial charge in [-0.2, -0.15) is 0 Å². The summed E-state index contributed by atoms with van der Waals surface area (Å²) in [6.45, 7) is 0. The van der Waals surface area contributed by atoms with Crippen LogP contribution in [0.5, 0.6) is 0 Å². The number of aryl methyl sites for hydroxylation is 1. The molecule has 2 aromatic carbocycles. The number of carbonyl (C=O) groups is 2. The summed E-state index contributed by atoms with van der Waals surface area (Å²) >= 11 is 6.03. The normalized spacial score (nSPS) is 11.5. The number of methoxy groups -OCH3 is 2. The average molecular weight is 379 g/mol. The van der Waals surface area contributed by atoms with E-state index >= 15 is 0 Å². The predicted octanol–water partition coefficient (Wildman–Crippen LogP) is 3.73. The Morgan fingerprint density at radius 3 is 2.16 bits per heavy atom. The maximum absolute atomic E-state index is 12.2. The molecule has 1 atom stereocenters. The molecule has 0 radical (unpaired) electrons. The number of benzene rings is 2. The molecule has 0 heterocycles. The first-order valence-electron chi connectivity index (χ1n) is 7.60. The van der Waals surface area contributed by atoms with Gasteiger partial charge >= 0.3 is 11.9 Å². The van der Waals surface area contributed by atoms with Crippen molar-refractivity contribution >= 4 is 38.9 Å². The van der Waals surface area contributed by atoms with E-state index in [0.717, 1.165) is 10.5 Å². The van der Waals surface area contributed by atoms with Gasteiger partial charge in [0.25, 0.3) is 0 Å². The highest BCUT2D eigenvalue weighted by molar-refractivity contribution is 8.18. The van der Waals surface area contributed by atoms with Crippen LogP contribution in [0.3, 0.4) is 0 Å². The van der Waals surface area contributed by atoms with Crippen molar-refractivity contribution in [2.75, 3.05) is 20.0 Å². The lowest BCUT2D eigenvalue weighted by Crippen LogP contribution is -2.27. The molecule has 132 valence electrons. The Kier molecular flexibility index (Phi) is 7.22. The molecule has 0 amide bonds. The second kappa shape index (κ2) is 9.39. The average Bonchev–Trinajstić information content (AvgIpc) is 2.64. The summed E-state index contributed by atoms with van der Waals surface area (Å²) in [5, 5.41) is 0.655. The maximum Gasteiger partial charge on any atom is 0.351 e. The van der Waals surface area contributed by atoms with Crippen molar-refractivity contribution in [1.29, 1.82) is 0 Å². The fraction of sp³-hybridized carbons (Fsp3) is 0.211. The Labute approximate surface area is 154 Å². The third-order valence-electron chi connectivity index (χ3n) is 3.50. The summed E-state index contributed by atoms with van der Waals surface area (Å²) in [5.41, 5.74) is 1.04. The van der Waals surface area contributed by atoms with Gasteiger partial charge in [0.15, 0.2) is 4.86 Å². The molecule has 1 unspecified atom stereocenters. The van der Waals surface area contributed by atoms with Gasteiger partial charge < -0.3 is 9.47 Å². The van der Waals surface area contributed by atoms with Crippen LogP contribution in [0.4, 0.5) is 0 Å². The summed E-state index contributed by atoms with van der Waals surface area (Å²) in [6.07, 6.45) is 0.663. The number of esters is 2. The van der Waals surface area contributed by atoms with Crippen LogP contribution in [-0.2, 0) is 25.5 Å². The first-order chi connectivity index (χ1) is 12.1. The molecule has 4 nitrogen and oxygen atoms in total. The molecule has 0 aliphatic rings. The van der Waals surface area contributed by atoms with Crippen molar-refractivity contribution in [2.24, 2.45) is 0 Å². The Bertz CT molecular complexity index is 769. The van der Waals surface area contributed by atoms with Gasteiger partial charge in [0, 0.05) is 9.92 Å². The number of ether oxygens (including phenoxy) is 2. The molecule has 0 spiro atoms. The van der Waals surface area contributed by atoms with Crippen molar-refractivity contribution in [3.8, 4) is 0 Å². The molecule has 0 aliphatic carbocycles. The molecule has 2 aromatic rings. The molecular formula is C19H19ClO4S. The Hall–Kier alpha value is -2.11. The predicted molar refractivity (Wildman–Crippen MR) is 101 cm³/mol. The highest BCUT2D eigenvalue weighted by Gasteiger charge is 2.25. The molecule has 0 saturated heterocycles. The molecule has 2 rings (SSSR count). The molecule has 0 N–H and O–H groups in total. The summed E-state index contributed by atoms with van der Waals surface area (Å²) in [4.78, 5) is 25.3. The molecular weight excluding hydrogens is 360 g/mol. The fourth-order valence-electron chi connectivity index (χ4n) is 2.30. The number of halogens is 1. The van der Waals surface area contributed by atoms with Crippen LogP contribution in [0, 0.1) is 0 Å². The van der Waals surface area contributed by atoms with Crippen LogP contribution in [0.1, 0.15) is 5.56 Å². The first kappa shape index (κ1) is 19.2. The Morgan fingerprint density at radius 1 is 0.960 bits per heavy atom. The minimum absolute atomic E-state index is 0.0261. The molecule has 0 fully saturated rings. The van der Waals surface area contributed by atoms with Gasteiger partial charge in [-0.3, -0.25) is 0 Å². The number of hydrogen-bond acceptors (Lipinski definition) is 4. The fourth-order valence-corrected chi connectivity index (χ4v) is 4.69. The van der Waals surface area contributed by atoms with E-state index < -0.39 is 22.4 Å². The van der Waals surface area contributed by atoms with Crippen LogP contribution in [0.15, 0.2) is 59.5 Å². The second-order valence-corrected chi connectivity index (χ2v) is 7.61. The van der Waals surface area contributed by atoms with Gasteiger partial charge in [-0.25, -0.2) is 9.59 Å². The van der Waals surface area contributed by atoms with Crippen molar-refractivity contribution in [3.05, 3.63) is 65.2 Å². The molecule has 25 heavy (non-hydrogen) atoms. The second-order valence-electron chi connectivity index (χ2n) is 5.10. The van der Waals surface area contributed by atoms with E-state index in [2.05, 4.69) is 0 Å². The molecule has 0 saturated carbocycles. The van der Waals surface area contributed by atoms with Crippen LogP contribution < -0.4 is 0 Å². The summed E-state index contributed by atoms with van der Waals surface area (Å²) < 4.78 is 9.64. The summed E-state index contributed by atoms with van der Waals surface area (Å²) in [7, 11) is 1.75. The van der Waals surface area contributed by atoms with Gasteiger partial charge in [-0.15, -0.1) is 10.5 Å². The van der Waals surface area contributed by atoms with E-state index in [-0.39, 0.29) is 4.86 Å². The van der Waals surface area contributed by atoms with Crippen LogP contribution in [0.2, 0.25) is 5.02 Å². The Balaban J connectivity index is 2.46. The zero-order valence-electron chi connectivity index (χ0n) is 14.0. The van der Waals surface area contributed by atoms with Crippen LogP contribution in [0.25, 0.3) is 0 Å². The molecule has 0 bridgehead atoms. The van der Waals surface area contributed by atoms with Crippen LogP contribution in [-0.4, -0.2) is 36.8 Å². The van der Waals surface area contributed by atoms with Crippen molar-refractivity contribution < 1.29 is 19.1 Å². The third-order valence-corrected chi connectivity index (χ3v) is 6.01. The standard InChI is InChI=1S/C19H19ClO4S/c1-23-18(21)17(19(22)24-2)25(16-9-4-3-5-10-16)12-11-14-7-6-8-15(20)13-14/h3-10,13H,11-12H2,1-2H3. The van der Waals surface area contributed by atoms with E-state index in [1.807, 2.05) is 54.6 Å². The lowest BCUT2D eigenvalue weighted by atomic mass is 10.2. The van der Waals surface area contributed by atoms with E-state index in [1.165, 1.54) is 14.2 Å². The van der Waals surface area contributed by atoms with E-state index in [0.29, 0.717) is 17.2 Å². The zero-order chi connectivity index (χ0) is 18.2. The van der Waals surface area contributed by atoms with Crippen molar-refractivity contribution in [1.82, 2.24) is 0 Å². The van der Waals surface area contributed by atoms with Gasteiger partial charge in [-0.05, 0) is 42.0 Å². The van der Waals surface area contributed by atoms with Crippen molar-refractivity contribution in [3.63, 3.8) is 0 Å². The lowest BCUT2D eigenvalue weighted by Gasteiger charge is -2.15. The van der Waals surface area contributed by atoms with Crippen LogP contribution >= 0.6 is 22.1 Å². The topological polar surface area (TPSA) is 52.6 Å². The zero-order valence-corrected chi connectivity index (χ0v) is 15.6.